The van der Waals surface area contributed by atoms with Crippen LogP contribution in [0.4, 0.5) is 0 Å². The standard InChI is InChI=1S/C14H23N3O4.ClH/c1-16-10-12(19)17(9-11(18)15-21)13(20)14(16)7-5-3-2-4-6-8-14;/h21H,2-10H2,1H3,(H,15,18);1H. The second-order valence-electron chi connectivity index (χ2n) is 5.98. The minimum Gasteiger partial charge on any atom is -0.289 e. The number of nitrogens with zero attached hydrogens (tertiary/aromatic N) is 2. The van der Waals surface area contributed by atoms with Crippen LogP contribution in [0.2, 0.25) is 0 Å². The number of halogens is 1. The van der Waals surface area contributed by atoms with Crippen LogP contribution in [0.3, 0.4) is 0 Å². The largest absolute Gasteiger partial charge is 0.289 e. The fraction of sp³-hybridized carbons (Fsp3) is 0.786. The van der Waals surface area contributed by atoms with E-state index in [1.165, 1.54) is 11.9 Å². The number of hydrogen-bond donors (Lipinski definition) is 2. The van der Waals surface area contributed by atoms with Gasteiger partial charge in [-0.3, -0.25) is 29.4 Å². The normalized spacial score (nSPS) is 22.7. The molecule has 3 amide bonds. The van der Waals surface area contributed by atoms with Crippen LogP contribution in [0.15, 0.2) is 0 Å². The quantitative estimate of drug-likeness (QED) is 0.441. The molecule has 0 unspecified atom stereocenters. The maximum Gasteiger partial charge on any atom is 0.263 e. The van der Waals surface area contributed by atoms with Crippen molar-refractivity contribution in [2.45, 2.75) is 50.5 Å². The lowest BCUT2D eigenvalue weighted by Gasteiger charge is -2.47. The van der Waals surface area contributed by atoms with Crippen molar-refractivity contribution in [1.29, 1.82) is 0 Å². The van der Waals surface area contributed by atoms with Crippen molar-refractivity contribution in [1.82, 2.24) is 15.3 Å². The van der Waals surface area contributed by atoms with Gasteiger partial charge in [0, 0.05) is 0 Å². The minimum atomic E-state index is -0.748. The van der Waals surface area contributed by atoms with Crippen LogP contribution in [0.5, 0.6) is 0 Å². The number of likely N-dealkylation sites (N-methyl/N-ethyl adjacent to an activating group) is 1. The minimum absolute atomic E-state index is 0. The molecule has 0 bridgehead atoms. The molecular formula is C14H24ClN3O4. The van der Waals surface area contributed by atoms with Crippen LogP contribution in [0.1, 0.15) is 44.9 Å². The Hall–Kier alpha value is -1.18. The van der Waals surface area contributed by atoms with E-state index in [9.17, 15) is 14.4 Å². The first-order valence-electron chi connectivity index (χ1n) is 7.50. The van der Waals surface area contributed by atoms with E-state index in [0.29, 0.717) is 12.8 Å². The highest BCUT2D eigenvalue weighted by atomic mass is 35.5. The maximum absolute atomic E-state index is 12.8. The van der Waals surface area contributed by atoms with Crippen LogP contribution < -0.4 is 5.48 Å². The predicted octanol–water partition coefficient (Wildman–Crippen LogP) is 0.697. The second kappa shape index (κ2) is 7.89. The molecule has 0 atom stereocenters. The summed E-state index contributed by atoms with van der Waals surface area (Å²) in [5.41, 5.74) is 0.803. The van der Waals surface area contributed by atoms with E-state index >= 15 is 0 Å². The summed E-state index contributed by atoms with van der Waals surface area (Å²) in [6.07, 6.45) is 6.69. The Morgan fingerprint density at radius 1 is 1.18 bits per heavy atom. The summed E-state index contributed by atoms with van der Waals surface area (Å²) < 4.78 is 0. The number of carbonyl (C=O) groups excluding carboxylic acids is 3. The molecule has 2 fully saturated rings. The van der Waals surface area contributed by atoms with E-state index < -0.39 is 23.9 Å². The van der Waals surface area contributed by atoms with E-state index in [1.54, 1.807) is 7.05 Å². The monoisotopic (exact) mass is 333 g/mol. The Balaban J connectivity index is 0.00000242. The average molecular weight is 334 g/mol. The van der Waals surface area contributed by atoms with E-state index in [-0.39, 0.29) is 24.9 Å². The predicted molar refractivity (Wildman–Crippen MR) is 81.6 cm³/mol. The second-order valence-corrected chi connectivity index (χ2v) is 5.98. The summed E-state index contributed by atoms with van der Waals surface area (Å²) in [5.74, 6) is -1.44. The van der Waals surface area contributed by atoms with Crippen molar-refractivity contribution in [2.75, 3.05) is 20.1 Å². The van der Waals surface area contributed by atoms with E-state index in [2.05, 4.69) is 0 Å². The van der Waals surface area contributed by atoms with Crippen molar-refractivity contribution < 1.29 is 19.6 Å². The lowest BCUT2D eigenvalue weighted by atomic mass is 9.80. The number of hydroxylamine groups is 1. The number of hydrogen-bond acceptors (Lipinski definition) is 5. The van der Waals surface area contributed by atoms with Crippen LogP contribution in [0.25, 0.3) is 0 Å². The molecule has 0 aromatic carbocycles. The summed E-state index contributed by atoms with van der Waals surface area (Å²) in [6.45, 7) is -0.284. The average Bonchev–Trinajstić information content (AvgIpc) is 2.42. The van der Waals surface area contributed by atoms with Gasteiger partial charge in [0.2, 0.25) is 11.8 Å². The molecule has 0 aromatic rings. The van der Waals surface area contributed by atoms with Crippen molar-refractivity contribution in [2.24, 2.45) is 0 Å². The molecule has 2 N–H and O–H groups in total. The summed E-state index contributed by atoms with van der Waals surface area (Å²) in [6, 6.07) is 0. The van der Waals surface area contributed by atoms with Crippen LogP contribution in [0, 0.1) is 0 Å². The van der Waals surface area contributed by atoms with Crippen molar-refractivity contribution in [3.63, 3.8) is 0 Å². The molecular weight excluding hydrogens is 310 g/mol. The van der Waals surface area contributed by atoms with Gasteiger partial charge in [-0.2, -0.15) is 0 Å². The highest BCUT2D eigenvalue weighted by Crippen LogP contribution is 2.35. The van der Waals surface area contributed by atoms with Crippen molar-refractivity contribution >= 4 is 30.1 Å². The molecule has 126 valence electrons. The van der Waals surface area contributed by atoms with Crippen LogP contribution in [-0.2, 0) is 14.4 Å². The molecule has 0 aromatic heterocycles. The third-order valence-electron chi connectivity index (χ3n) is 4.65. The zero-order valence-corrected chi connectivity index (χ0v) is 13.7. The topological polar surface area (TPSA) is 90.0 Å². The van der Waals surface area contributed by atoms with Gasteiger partial charge in [0.1, 0.15) is 12.1 Å². The molecule has 2 rings (SSSR count). The summed E-state index contributed by atoms with van der Waals surface area (Å²) in [5, 5.41) is 8.61. The third kappa shape index (κ3) is 3.59. The van der Waals surface area contributed by atoms with Gasteiger partial charge in [0.25, 0.3) is 5.91 Å². The van der Waals surface area contributed by atoms with Gasteiger partial charge in [-0.15, -0.1) is 12.4 Å². The Labute approximate surface area is 136 Å². The first-order chi connectivity index (χ1) is 10.0. The van der Waals surface area contributed by atoms with Gasteiger partial charge in [-0.1, -0.05) is 32.1 Å². The van der Waals surface area contributed by atoms with E-state index in [1.807, 2.05) is 4.90 Å². The number of piperazine rings is 1. The van der Waals surface area contributed by atoms with Gasteiger partial charge in [-0.05, 0) is 19.9 Å². The summed E-state index contributed by atoms with van der Waals surface area (Å²) in [7, 11) is 1.81. The third-order valence-corrected chi connectivity index (χ3v) is 4.65. The van der Waals surface area contributed by atoms with Crippen LogP contribution >= 0.6 is 12.4 Å². The molecule has 1 aliphatic heterocycles. The zero-order chi connectivity index (χ0) is 15.5. The maximum atomic E-state index is 12.8. The molecule has 1 saturated carbocycles. The van der Waals surface area contributed by atoms with Crippen molar-refractivity contribution in [3.05, 3.63) is 0 Å². The van der Waals surface area contributed by atoms with Gasteiger partial charge in [0.05, 0.1) is 6.54 Å². The Kier molecular flexibility index (Phi) is 6.77. The summed E-state index contributed by atoms with van der Waals surface area (Å²) >= 11 is 0. The molecule has 2 aliphatic rings. The molecule has 0 radical (unpaired) electrons. The highest BCUT2D eigenvalue weighted by molar-refractivity contribution is 6.05. The van der Waals surface area contributed by atoms with E-state index in [0.717, 1.165) is 30.6 Å². The molecule has 8 heteroatoms. The lowest BCUT2D eigenvalue weighted by Crippen LogP contribution is -2.67. The van der Waals surface area contributed by atoms with Gasteiger partial charge >= 0.3 is 0 Å². The lowest BCUT2D eigenvalue weighted by molar-refractivity contribution is -0.166. The van der Waals surface area contributed by atoms with E-state index in [4.69, 9.17) is 5.21 Å². The zero-order valence-electron chi connectivity index (χ0n) is 12.8. The number of nitrogens with one attached hydrogen (secondary N) is 1. The fourth-order valence-corrected chi connectivity index (χ4v) is 3.39. The smallest absolute Gasteiger partial charge is 0.263 e. The molecule has 1 saturated heterocycles. The highest BCUT2D eigenvalue weighted by Gasteiger charge is 2.50. The summed E-state index contributed by atoms with van der Waals surface area (Å²) in [4.78, 5) is 39.1. The van der Waals surface area contributed by atoms with Gasteiger partial charge < -0.3 is 0 Å². The van der Waals surface area contributed by atoms with Gasteiger partial charge in [-0.25, -0.2) is 5.48 Å². The molecule has 22 heavy (non-hydrogen) atoms. The number of amides is 3. The first kappa shape index (κ1) is 18.9. The number of carbonyl (C=O) groups is 3. The molecule has 7 nitrogen and oxygen atoms in total. The number of imide groups is 1. The molecule has 1 aliphatic carbocycles. The molecule has 1 heterocycles. The number of rotatable bonds is 2. The molecule has 1 spiro atoms. The fourth-order valence-electron chi connectivity index (χ4n) is 3.39. The van der Waals surface area contributed by atoms with Crippen molar-refractivity contribution in [3.8, 4) is 0 Å². The van der Waals surface area contributed by atoms with Gasteiger partial charge in [0.15, 0.2) is 0 Å². The Bertz CT molecular complexity index is 436. The first-order valence-corrected chi connectivity index (χ1v) is 7.50. The SMILES string of the molecule is CN1CC(=O)N(CC(=O)NO)C(=O)C12CCCCCCC2.Cl. The Morgan fingerprint density at radius 2 is 1.73 bits per heavy atom. The van der Waals surface area contributed by atoms with Crippen LogP contribution in [-0.4, -0.2) is 58.4 Å². The Morgan fingerprint density at radius 3 is 2.27 bits per heavy atom.